The Balaban J connectivity index is 0.688. The van der Waals surface area contributed by atoms with Crippen LogP contribution in [-0.2, 0) is 9.59 Å². The van der Waals surface area contributed by atoms with Gasteiger partial charge in [0.05, 0.1) is 23.8 Å². The van der Waals surface area contributed by atoms with Crippen LogP contribution in [0.5, 0.6) is 23.0 Å². The molecular formula is C57H48F2N18O4. The van der Waals surface area contributed by atoms with Gasteiger partial charge in [0.1, 0.15) is 64.0 Å². The summed E-state index contributed by atoms with van der Waals surface area (Å²) >= 11 is 0. The standard InChI is InChI=1S/C57H48F2N18O4/c1-30(2)57(79)75-18-14-36(22-32(75)4)54-61-26-42-52(72-54)56(66-28-63-42)69-40-8-10-44(34(6)50(40)59)81-38-16-20-77-47(24-38)70-45(73-77)11-12-48(78)74-17-13-35(21-31(74)3)53-60-25-41-51(71-53)55(65-27-62-41)68-39-7-9-43(33(5)49(39)58)80-37-15-19-76-46(23-37)64-29-67-76/h7-12,15-16,19-29,31-32H,1,13-14,17-18H2,2-6H3,(H,62,65,68)(H,63,66,69)/b12-11+/t31-,32-/m0/s1. The molecule has 8 aromatic heterocycles. The fourth-order valence-corrected chi connectivity index (χ4v) is 9.61. The van der Waals surface area contributed by atoms with Crippen LogP contribution in [-0.4, -0.2) is 116 Å². The van der Waals surface area contributed by atoms with E-state index in [0.29, 0.717) is 93.8 Å². The third-order valence-electron chi connectivity index (χ3n) is 13.9. The number of hydrogen-bond donors (Lipinski definition) is 2. The molecule has 10 heterocycles. The van der Waals surface area contributed by atoms with Gasteiger partial charge in [-0.05, 0) is 101 Å². The van der Waals surface area contributed by atoms with Crippen LogP contribution in [0.2, 0.25) is 0 Å². The summed E-state index contributed by atoms with van der Waals surface area (Å²) in [5, 5.41) is 14.8. The van der Waals surface area contributed by atoms with E-state index >= 15 is 8.78 Å². The number of rotatable bonds is 13. The first-order valence-corrected chi connectivity index (χ1v) is 25.7. The highest BCUT2D eigenvalue weighted by atomic mass is 19.1. The lowest BCUT2D eigenvalue weighted by atomic mass is 10.0. The van der Waals surface area contributed by atoms with Crippen molar-refractivity contribution >= 4 is 85.4 Å². The Bertz CT molecular complexity index is 4310. The van der Waals surface area contributed by atoms with Crippen molar-refractivity contribution in [2.24, 2.45) is 0 Å². The molecule has 81 heavy (non-hydrogen) atoms. The van der Waals surface area contributed by atoms with Gasteiger partial charge in [0.2, 0.25) is 11.8 Å². The van der Waals surface area contributed by atoms with Gasteiger partial charge in [0.15, 0.2) is 52.0 Å². The van der Waals surface area contributed by atoms with E-state index in [0.717, 1.165) is 11.1 Å². The molecule has 12 rings (SSSR count). The van der Waals surface area contributed by atoms with Gasteiger partial charge in [-0.2, -0.15) is 5.10 Å². The molecule has 2 N–H and O–H groups in total. The zero-order valence-corrected chi connectivity index (χ0v) is 44.2. The Morgan fingerprint density at radius 1 is 0.667 bits per heavy atom. The van der Waals surface area contributed by atoms with Crippen LogP contribution < -0.4 is 20.1 Å². The maximum atomic E-state index is 16.1. The molecule has 0 radical (unpaired) electrons. The number of nitrogens with zero attached hydrogens (tertiary/aromatic N) is 16. The molecular weight excluding hydrogens is 1040 g/mol. The first kappa shape index (κ1) is 51.2. The van der Waals surface area contributed by atoms with Crippen molar-refractivity contribution in [3.05, 3.63) is 163 Å². The van der Waals surface area contributed by atoms with Crippen molar-refractivity contribution in [3.63, 3.8) is 0 Å². The van der Waals surface area contributed by atoms with E-state index in [9.17, 15) is 9.59 Å². The first-order valence-electron chi connectivity index (χ1n) is 25.7. The third-order valence-corrected chi connectivity index (χ3v) is 13.9. The van der Waals surface area contributed by atoms with Crippen molar-refractivity contribution in [3.8, 4) is 23.0 Å². The molecule has 2 aliphatic rings. The highest BCUT2D eigenvalue weighted by Crippen LogP contribution is 2.36. The van der Waals surface area contributed by atoms with E-state index in [2.05, 4.69) is 67.3 Å². The largest absolute Gasteiger partial charge is 0.457 e. The van der Waals surface area contributed by atoms with Gasteiger partial charge in [0, 0.05) is 72.5 Å². The summed E-state index contributed by atoms with van der Waals surface area (Å²) in [6, 6.07) is 12.7. The van der Waals surface area contributed by atoms with Gasteiger partial charge in [-0.15, -0.1) is 5.10 Å². The first-order chi connectivity index (χ1) is 39.2. The van der Waals surface area contributed by atoms with E-state index < -0.39 is 11.6 Å². The number of hydrogen-bond acceptors (Lipinski definition) is 18. The minimum absolute atomic E-state index is 0.0996. The molecule has 22 nitrogen and oxygen atoms in total. The fourth-order valence-electron chi connectivity index (χ4n) is 9.61. The second-order valence-corrected chi connectivity index (χ2v) is 19.4. The molecule has 2 atom stereocenters. The molecule has 0 spiro atoms. The number of anilines is 4. The Hall–Kier alpha value is -10.5. The molecule has 0 fully saturated rings. The van der Waals surface area contributed by atoms with Crippen LogP contribution >= 0.6 is 0 Å². The molecule has 10 aromatic rings. The number of nitrogens with one attached hydrogen (secondary N) is 2. The molecule has 0 unspecified atom stereocenters. The second kappa shape index (κ2) is 21.0. The normalized spacial score (nSPS) is 15.6. The highest BCUT2D eigenvalue weighted by Gasteiger charge is 2.27. The lowest BCUT2D eigenvalue weighted by molar-refractivity contribution is -0.128. The topological polar surface area (TPSA) is 247 Å². The van der Waals surface area contributed by atoms with Gasteiger partial charge in [0.25, 0.3) is 0 Å². The predicted octanol–water partition coefficient (Wildman–Crippen LogP) is 9.50. The number of carbonyl (C=O) groups is 2. The molecule has 2 aliphatic heterocycles. The SMILES string of the molecule is C=C(C)C(=O)N1CCC(c2ncc3ncnc(Nc4ccc(Oc5ccn6nc(/C=C/C(=O)N7CCC(c8ncc9ncnc(Nc%10ccc(Oc%11ccn%12ncnc%12c%11)c(C)c%10F)c9n8)=C[C@@H]7C)nc6c5)c(C)c4F)c3n2)=C[C@@H]1C. The van der Waals surface area contributed by atoms with Crippen molar-refractivity contribution in [2.75, 3.05) is 23.7 Å². The van der Waals surface area contributed by atoms with Gasteiger partial charge >= 0.3 is 0 Å². The smallest absolute Gasteiger partial charge is 0.249 e. The van der Waals surface area contributed by atoms with Crippen molar-refractivity contribution < 1.29 is 27.8 Å². The van der Waals surface area contributed by atoms with Crippen LogP contribution in [0.3, 0.4) is 0 Å². The van der Waals surface area contributed by atoms with E-state index in [-0.39, 0.29) is 69.6 Å². The van der Waals surface area contributed by atoms with E-state index in [1.165, 1.54) is 25.1 Å². The summed E-state index contributed by atoms with van der Waals surface area (Å²) in [6.07, 6.45) is 18.6. The summed E-state index contributed by atoms with van der Waals surface area (Å²) in [4.78, 5) is 74.7. The number of pyridine rings is 2. The van der Waals surface area contributed by atoms with Crippen LogP contribution in [0.15, 0.2) is 123 Å². The monoisotopic (exact) mass is 1090 g/mol. The number of fused-ring (bicyclic) bond motifs is 4. The Morgan fingerprint density at radius 3 is 1.77 bits per heavy atom. The predicted molar refractivity (Wildman–Crippen MR) is 297 cm³/mol. The summed E-state index contributed by atoms with van der Waals surface area (Å²) < 4.78 is 47.4. The van der Waals surface area contributed by atoms with Crippen molar-refractivity contribution in [1.29, 1.82) is 0 Å². The molecule has 2 aromatic carbocycles. The third kappa shape index (κ3) is 10.2. The second-order valence-electron chi connectivity index (χ2n) is 19.4. The number of carbonyl (C=O) groups excluding carboxylic acids is 2. The molecule has 404 valence electrons. The van der Waals surface area contributed by atoms with Crippen LogP contribution in [0.4, 0.5) is 31.8 Å². The molecule has 2 amide bonds. The average molecular weight is 1090 g/mol. The summed E-state index contributed by atoms with van der Waals surface area (Å²) in [7, 11) is 0. The van der Waals surface area contributed by atoms with Crippen LogP contribution in [0.25, 0.3) is 50.6 Å². The van der Waals surface area contributed by atoms with E-state index in [4.69, 9.17) is 19.4 Å². The van der Waals surface area contributed by atoms with Gasteiger partial charge in [-0.3, -0.25) is 9.59 Å². The minimum atomic E-state index is -0.561. The molecule has 0 saturated carbocycles. The van der Waals surface area contributed by atoms with Crippen molar-refractivity contribution in [1.82, 2.24) is 78.9 Å². The maximum absolute atomic E-state index is 16.1. The minimum Gasteiger partial charge on any atom is -0.457 e. The Kier molecular flexibility index (Phi) is 13.3. The highest BCUT2D eigenvalue weighted by molar-refractivity contribution is 5.94. The summed E-state index contributed by atoms with van der Waals surface area (Å²) in [6.45, 7) is 13.4. The maximum Gasteiger partial charge on any atom is 0.249 e. The summed E-state index contributed by atoms with van der Waals surface area (Å²) in [5.41, 5.74) is 5.73. The van der Waals surface area contributed by atoms with Gasteiger partial charge in [-0.1, -0.05) is 18.7 Å². The Labute approximate surface area is 459 Å². The molecule has 24 heteroatoms. The average Bonchev–Trinajstić information content (AvgIpc) is 4.25. The van der Waals surface area contributed by atoms with E-state index in [1.54, 1.807) is 119 Å². The fraction of sp³-hybridized carbons (Fsp3) is 0.193. The zero-order valence-electron chi connectivity index (χ0n) is 44.2. The number of ether oxygens (including phenoxy) is 2. The number of benzene rings is 2. The van der Waals surface area contributed by atoms with E-state index in [1.807, 2.05) is 26.0 Å². The lowest BCUT2D eigenvalue weighted by Gasteiger charge is -2.32. The quantitative estimate of drug-likeness (QED) is 0.102. The number of halogens is 2. The van der Waals surface area contributed by atoms with Gasteiger partial charge in [-0.25, -0.2) is 67.7 Å². The number of amides is 2. The molecule has 0 bridgehead atoms. The van der Waals surface area contributed by atoms with Crippen LogP contribution in [0, 0.1) is 25.5 Å². The zero-order chi connectivity index (χ0) is 56.1. The summed E-state index contributed by atoms with van der Waals surface area (Å²) in [5.74, 6) is 1.79. The van der Waals surface area contributed by atoms with Gasteiger partial charge < -0.3 is 29.9 Å². The molecule has 0 saturated heterocycles. The molecule has 0 aliphatic carbocycles. The van der Waals surface area contributed by atoms with Crippen LogP contribution in [0.1, 0.15) is 62.2 Å². The lowest BCUT2D eigenvalue weighted by Crippen LogP contribution is -2.41. The number of aromatic nitrogens is 14. The Morgan fingerprint density at radius 2 is 1.21 bits per heavy atom. The van der Waals surface area contributed by atoms with Crippen molar-refractivity contribution in [2.45, 2.75) is 59.5 Å².